The van der Waals surface area contributed by atoms with Crippen LogP contribution in [0.1, 0.15) is 62.0 Å². The van der Waals surface area contributed by atoms with Crippen molar-refractivity contribution in [2.45, 2.75) is 50.9 Å². The van der Waals surface area contributed by atoms with Crippen LogP contribution in [-0.2, 0) is 0 Å². The highest BCUT2D eigenvalue weighted by molar-refractivity contribution is 5.64. The molecule has 2 aromatic carbocycles. The maximum Gasteiger partial charge on any atom is 0.141 e. The lowest BCUT2D eigenvalue weighted by Crippen LogP contribution is -2.13. The predicted octanol–water partition coefficient (Wildman–Crippen LogP) is 7.29. The van der Waals surface area contributed by atoms with Crippen LogP contribution in [0.4, 0.5) is 8.78 Å². The Hall–Kier alpha value is -2.47. The Morgan fingerprint density at radius 2 is 1.70 bits per heavy atom. The number of hydrogen-bond donors (Lipinski definition) is 0. The molecule has 1 aliphatic carbocycles. The third kappa shape index (κ3) is 5.04. The second kappa shape index (κ2) is 9.46. The molecule has 3 rings (SSSR count). The van der Waals surface area contributed by atoms with Crippen LogP contribution in [0.15, 0.2) is 54.9 Å². The molecule has 2 aromatic rings. The van der Waals surface area contributed by atoms with E-state index in [9.17, 15) is 8.78 Å². The Bertz CT molecular complexity index is 809. The Labute approximate surface area is 160 Å². The lowest BCUT2D eigenvalue weighted by atomic mass is 9.77. The summed E-state index contributed by atoms with van der Waals surface area (Å²) in [6.07, 6.45) is 10.3. The smallest absolute Gasteiger partial charge is 0.141 e. The van der Waals surface area contributed by atoms with Gasteiger partial charge in [-0.2, -0.15) is 5.26 Å². The summed E-state index contributed by atoms with van der Waals surface area (Å²) in [6.45, 7) is 0. The van der Waals surface area contributed by atoms with Gasteiger partial charge in [0.25, 0.3) is 0 Å². The highest BCUT2D eigenvalue weighted by Gasteiger charge is 2.22. The largest absolute Gasteiger partial charge is 0.216 e. The van der Waals surface area contributed by atoms with E-state index in [2.05, 4.69) is 12.1 Å². The molecular weight excluding hydrogens is 340 g/mol. The van der Waals surface area contributed by atoms with Gasteiger partial charge in [0.1, 0.15) is 11.9 Å². The van der Waals surface area contributed by atoms with E-state index in [0.29, 0.717) is 12.2 Å². The highest BCUT2D eigenvalue weighted by Crippen LogP contribution is 2.38. The fourth-order valence-electron chi connectivity index (χ4n) is 4.10. The Morgan fingerprint density at radius 3 is 2.33 bits per heavy atom. The fourth-order valence-corrected chi connectivity index (χ4v) is 4.10. The van der Waals surface area contributed by atoms with Gasteiger partial charge in [-0.25, -0.2) is 8.78 Å². The van der Waals surface area contributed by atoms with Crippen LogP contribution in [0.25, 0.3) is 11.1 Å². The molecule has 1 aliphatic rings. The summed E-state index contributed by atoms with van der Waals surface area (Å²) >= 11 is 0. The van der Waals surface area contributed by atoms with Gasteiger partial charge >= 0.3 is 0 Å². The molecule has 3 heteroatoms. The second-order valence-electron chi connectivity index (χ2n) is 7.44. The van der Waals surface area contributed by atoms with E-state index >= 15 is 0 Å². The zero-order valence-corrected chi connectivity index (χ0v) is 15.5. The average molecular weight is 365 g/mol. The first-order chi connectivity index (χ1) is 13.2. The van der Waals surface area contributed by atoms with Gasteiger partial charge in [0.2, 0.25) is 0 Å². The molecule has 0 heterocycles. The zero-order chi connectivity index (χ0) is 19.1. The van der Waals surface area contributed by atoms with E-state index in [-0.39, 0.29) is 5.56 Å². The molecule has 140 valence electrons. The van der Waals surface area contributed by atoms with Crippen molar-refractivity contribution in [1.82, 2.24) is 0 Å². The van der Waals surface area contributed by atoms with Crippen LogP contribution in [0.5, 0.6) is 0 Å². The number of nitriles is 1. The van der Waals surface area contributed by atoms with Gasteiger partial charge in [0.15, 0.2) is 0 Å². The summed E-state index contributed by atoms with van der Waals surface area (Å²) in [4.78, 5) is 0. The molecule has 0 amide bonds. The summed E-state index contributed by atoms with van der Waals surface area (Å²) in [7, 11) is 0. The van der Waals surface area contributed by atoms with Crippen molar-refractivity contribution >= 4 is 0 Å². The molecule has 0 atom stereocenters. The third-order valence-corrected chi connectivity index (χ3v) is 5.72. The van der Waals surface area contributed by atoms with E-state index in [1.54, 1.807) is 12.1 Å². The minimum Gasteiger partial charge on any atom is -0.216 e. The maximum absolute atomic E-state index is 13.8. The number of allylic oxidation sites excluding steroid dienone is 1. The first-order valence-electron chi connectivity index (χ1n) is 9.76. The van der Waals surface area contributed by atoms with Gasteiger partial charge in [-0.3, -0.25) is 0 Å². The van der Waals surface area contributed by atoms with Crippen molar-refractivity contribution in [3.05, 3.63) is 71.8 Å². The highest BCUT2D eigenvalue weighted by atomic mass is 19.1. The van der Waals surface area contributed by atoms with Crippen LogP contribution in [0.3, 0.4) is 0 Å². The van der Waals surface area contributed by atoms with Gasteiger partial charge in [-0.1, -0.05) is 42.8 Å². The molecule has 0 radical (unpaired) electrons. The van der Waals surface area contributed by atoms with Crippen LogP contribution in [0, 0.1) is 23.1 Å². The van der Waals surface area contributed by atoms with Crippen molar-refractivity contribution in [1.29, 1.82) is 5.26 Å². The zero-order valence-electron chi connectivity index (χ0n) is 15.5. The molecule has 0 spiro atoms. The average Bonchev–Trinajstić information content (AvgIpc) is 2.72. The summed E-state index contributed by atoms with van der Waals surface area (Å²) in [5.41, 5.74) is 3.19. The van der Waals surface area contributed by atoms with E-state index in [4.69, 9.17) is 5.26 Å². The molecule has 0 aliphatic heterocycles. The number of nitrogens with zero attached hydrogens (tertiary/aromatic N) is 1. The van der Waals surface area contributed by atoms with Gasteiger partial charge in [-0.15, -0.1) is 0 Å². The number of rotatable bonds is 6. The molecule has 0 saturated heterocycles. The molecule has 0 bridgehead atoms. The Kier molecular flexibility index (Phi) is 6.76. The van der Waals surface area contributed by atoms with Gasteiger partial charge < -0.3 is 0 Å². The van der Waals surface area contributed by atoms with Crippen LogP contribution >= 0.6 is 0 Å². The summed E-state index contributed by atoms with van der Waals surface area (Å²) in [5.74, 6) is 0.897. The minimum atomic E-state index is -0.473. The topological polar surface area (TPSA) is 23.8 Å². The van der Waals surface area contributed by atoms with Crippen molar-refractivity contribution < 1.29 is 8.78 Å². The van der Waals surface area contributed by atoms with Gasteiger partial charge in [0.05, 0.1) is 11.9 Å². The number of benzene rings is 2. The number of halogens is 2. The second-order valence-corrected chi connectivity index (χ2v) is 7.44. The molecule has 27 heavy (non-hydrogen) atoms. The predicted molar refractivity (Wildman–Crippen MR) is 105 cm³/mol. The standard InChI is InChI=1S/C24H25F2N/c25-15-3-1-2-4-18-5-7-19(8-6-18)20-9-11-21(12-10-20)22-13-14-23(17-27)24(26)16-22/h3,9-16,18-19H,1-2,4-8H2/b15-3+. The van der Waals surface area contributed by atoms with Gasteiger partial charge in [0, 0.05) is 0 Å². The number of hydrogen-bond acceptors (Lipinski definition) is 1. The van der Waals surface area contributed by atoms with E-state index in [0.717, 1.165) is 29.9 Å². The maximum atomic E-state index is 13.8. The third-order valence-electron chi connectivity index (χ3n) is 5.72. The lowest BCUT2D eigenvalue weighted by Gasteiger charge is -2.29. The van der Waals surface area contributed by atoms with Crippen LogP contribution < -0.4 is 0 Å². The summed E-state index contributed by atoms with van der Waals surface area (Å²) in [6, 6.07) is 15.0. The van der Waals surface area contributed by atoms with Gasteiger partial charge in [-0.05, 0) is 79.2 Å². The van der Waals surface area contributed by atoms with Crippen molar-refractivity contribution in [2.24, 2.45) is 5.92 Å². The van der Waals surface area contributed by atoms with Crippen molar-refractivity contribution in [3.63, 3.8) is 0 Å². The lowest BCUT2D eigenvalue weighted by molar-refractivity contribution is 0.305. The van der Waals surface area contributed by atoms with Crippen LogP contribution in [-0.4, -0.2) is 0 Å². The quantitative estimate of drug-likeness (QED) is 0.493. The van der Waals surface area contributed by atoms with E-state index < -0.39 is 5.82 Å². The van der Waals surface area contributed by atoms with E-state index in [1.165, 1.54) is 49.8 Å². The van der Waals surface area contributed by atoms with Crippen LogP contribution in [0.2, 0.25) is 0 Å². The molecule has 0 unspecified atom stereocenters. The SMILES string of the molecule is N#Cc1ccc(-c2ccc(C3CCC(CCC/C=C/F)CC3)cc2)cc1F. The normalized spacial score (nSPS) is 19.9. The van der Waals surface area contributed by atoms with Crippen molar-refractivity contribution in [2.75, 3.05) is 0 Å². The fraction of sp³-hybridized carbons (Fsp3) is 0.375. The number of unbranched alkanes of at least 4 members (excludes halogenated alkanes) is 1. The molecule has 1 fully saturated rings. The molecule has 1 nitrogen and oxygen atoms in total. The minimum absolute atomic E-state index is 0.0767. The Morgan fingerprint density at radius 1 is 1.00 bits per heavy atom. The summed E-state index contributed by atoms with van der Waals surface area (Å²) < 4.78 is 25.8. The van der Waals surface area contributed by atoms with Crippen molar-refractivity contribution in [3.8, 4) is 17.2 Å². The summed E-state index contributed by atoms with van der Waals surface area (Å²) in [5, 5.41) is 8.84. The monoisotopic (exact) mass is 365 g/mol. The van der Waals surface area contributed by atoms with E-state index in [1.807, 2.05) is 18.2 Å². The first kappa shape index (κ1) is 19.3. The molecule has 0 aromatic heterocycles. The molecule has 1 saturated carbocycles. The molecular formula is C24H25F2N. The Balaban J connectivity index is 1.57. The first-order valence-corrected chi connectivity index (χ1v) is 9.76. The molecule has 0 N–H and O–H groups in total.